The molecule has 2 aromatic carbocycles. The molecule has 2 aromatic heterocycles. The molecule has 5 nitrogen and oxygen atoms in total. The summed E-state index contributed by atoms with van der Waals surface area (Å²) in [6.45, 7) is 3.65. The first-order chi connectivity index (χ1) is 14.4. The van der Waals surface area contributed by atoms with Crippen molar-refractivity contribution in [2.75, 3.05) is 5.75 Å². The third-order valence-electron chi connectivity index (χ3n) is 5.10. The minimum atomic E-state index is -0.344. The Morgan fingerprint density at radius 3 is 2.57 bits per heavy atom. The molecule has 152 valence electrons. The number of halogens is 1. The largest absolute Gasteiger partial charge is 0.315 e. The molecule has 0 unspecified atom stereocenters. The van der Waals surface area contributed by atoms with Crippen molar-refractivity contribution in [1.82, 2.24) is 14.1 Å². The number of benzene rings is 2. The number of aryl methyl sites for hydroxylation is 1. The maximum atomic E-state index is 14.3. The number of Topliss-reactive ketones (excluding diaryl/α,β-unsaturated/α-hetero) is 1. The molecule has 0 fully saturated rings. The second kappa shape index (κ2) is 7.91. The maximum absolute atomic E-state index is 14.3. The number of hydrogen-bond donors (Lipinski definition) is 0. The number of carbonyl (C=O) groups excluding carboxylic acids is 1. The molecule has 0 aliphatic heterocycles. The van der Waals surface area contributed by atoms with Crippen LogP contribution in [0.15, 0.2) is 64.5 Å². The third kappa shape index (κ3) is 3.45. The summed E-state index contributed by atoms with van der Waals surface area (Å²) < 4.78 is 17.5. The number of rotatable bonds is 5. The molecular formula is C23H20FN3O2S. The van der Waals surface area contributed by atoms with Gasteiger partial charge < -0.3 is 4.57 Å². The van der Waals surface area contributed by atoms with E-state index in [1.807, 2.05) is 13.0 Å². The van der Waals surface area contributed by atoms with E-state index in [4.69, 9.17) is 0 Å². The van der Waals surface area contributed by atoms with E-state index in [1.165, 1.54) is 22.4 Å². The van der Waals surface area contributed by atoms with E-state index in [9.17, 15) is 14.0 Å². The van der Waals surface area contributed by atoms with E-state index >= 15 is 0 Å². The first kappa shape index (κ1) is 20.1. The fraction of sp³-hybridized carbons (Fsp3) is 0.174. The summed E-state index contributed by atoms with van der Waals surface area (Å²) in [7, 11) is 1.65. The van der Waals surface area contributed by atoms with Crippen molar-refractivity contribution in [2.24, 2.45) is 7.05 Å². The van der Waals surface area contributed by atoms with Gasteiger partial charge in [0.15, 0.2) is 10.9 Å². The highest BCUT2D eigenvalue weighted by molar-refractivity contribution is 7.99. The highest BCUT2D eigenvalue weighted by Gasteiger charge is 2.19. The lowest BCUT2D eigenvalue weighted by atomic mass is 10.2. The van der Waals surface area contributed by atoms with Crippen LogP contribution in [0.5, 0.6) is 0 Å². The van der Waals surface area contributed by atoms with Gasteiger partial charge in [0, 0.05) is 24.0 Å². The van der Waals surface area contributed by atoms with Crippen molar-refractivity contribution in [3.8, 4) is 5.69 Å². The van der Waals surface area contributed by atoms with E-state index in [1.54, 1.807) is 61.0 Å². The maximum Gasteiger partial charge on any atom is 0.261 e. The zero-order valence-electron chi connectivity index (χ0n) is 16.8. The molecule has 0 bridgehead atoms. The highest BCUT2D eigenvalue weighted by atomic mass is 32.2. The van der Waals surface area contributed by atoms with Gasteiger partial charge in [-0.05, 0) is 44.2 Å². The van der Waals surface area contributed by atoms with Crippen LogP contribution in [0.3, 0.4) is 0 Å². The van der Waals surface area contributed by atoms with Gasteiger partial charge in [-0.25, -0.2) is 9.37 Å². The normalized spacial score (nSPS) is 11.2. The standard InChI is InChI=1S/C23H20FN3O2S/c1-14-12-17(15(2)27(14)20-11-7-5-9-18(20)24)21(28)13-30-23-25-19-10-6-4-8-16(19)22(29)26(23)3/h4-12H,13H2,1-3H3. The summed E-state index contributed by atoms with van der Waals surface area (Å²) in [6, 6.07) is 15.4. The number of carbonyl (C=O) groups is 1. The molecule has 7 heteroatoms. The van der Waals surface area contributed by atoms with E-state index in [2.05, 4.69) is 4.98 Å². The molecule has 0 spiro atoms. The van der Waals surface area contributed by atoms with Crippen LogP contribution in [-0.2, 0) is 7.05 Å². The van der Waals surface area contributed by atoms with Crippen LogP contribution in [0.25, 0.3) is 16.6 Å². The molecule has 0 radical (unpaired) electrons. The number of ketones is 1. The van der Waals surface area contributed by atoms with Crippen molar-refractivity contribution >= 4 is 28.4 Å². The molecule has 0 aliphatic rings. The summed E-state index contributed by atoms with van der Waals surface area (Å²) in [5, 5.41) is 1.03. The van der Waals surface area contributed by atoms with Crippen molar-refractivity contribution in [3.63, 3.8) is 0 Å². The minimum absolute atomic E-state index is 0.0990. The first-order valence-corrected chi connectivity index (χ1v) is 10.4. The SMILES string of the molecule is Cc1cc(C(=O)CSc2nc3ccccc3c(=O)n2C)c(C)n1-c1ccccc1F. The lowest BCUT2D eigenvalue weighted by molar-refractivity contribution is 0.102. The molecule has 0 saturated carbocycles. The number of fused-ring (bicyclic) bond motifs is 1. The number of para-hydroxylation sites is 2. The molecule has 0 amide bonds. The fourth-order valence-corrected chi connectivity index (χ4v) is 4.44. The Hall–Kier alpha value is -3.19. The van der Waals surface area contributed by atoms with Gasteiger partial charge in [-0.2, -0.15) is 0 Å². The van der Waals surface area contributed by atoms with Gasteiger partial charge in [0.1, 0.15) is 5.82 Å². The first-order valence-electron chi connectivity index (χ1n) is 9.44. The Kier molecular flexibility index (Phi) is 5.30. The molecule has 0 saturated heterocycles. The Labute approximate surface area is 177 Å². The summed E-state index contributed by atoms with van der Waals surface area (Å²) in [5.74, 6) is -0.318. The van der Waals surface area contributed by atoms with Gasteiger partial charge in [-0.3, -0.25) is 14.2 Å². The van der Waals surface area contributed by atoms with Crippen molar-refractivity contribution in [2.45, 2.75) is 19.0 Å². The van der Waals surface area contributed by atoms with Crippen molar-refractivity contribution < 1.29 is 9.18 Å². The Morgan fingerprint density at radius 2 is 1.80 bits per heavy atom. The number of aromatic nitrogens is 3. The minimum Gasteiger partial charge on any atom is -0.315 e. The number of nitrogens with zero attached hydrogens (tertiary/aromatic N) is 3. The summed E-state index contributed by atoms with van der Waals surface area (Å²) >= 11 is 1.22. The molecule has 30 heavy (non-hydrogen) atoms. The van der Waals surface area contributed by atoms with Crippen LogP contribution in [0.4, 0.5) is 4.39 Å². The lowest BCUT2D eigenvalue weighted by Crippen LogP contribution is -2.20. The van der Waals surface area contributed by atoms with Gasteiger partial charge in [0.2, 0.25) is 0 Å². The zero-order valence-corrected chi connectivity index (χ0v) is 17.7. The Balaban J connectivity index is 1.63. The second-order valence-electron chi connectivity index (χ2n) is 7.06. The highest BCUT2D eigenvalue weighted by Crippen LogP contribution is 2.25. The smallest absolute Gasteiger partial charge is 0.261 e. The molecule has 0 aliphatic carbocycles. The Morgan fingerprint density at radius 1 is 1.10 bits per heavy atom. The number of thioether (sulfide) groups is 1. The van der Waals surface area contributed by atoms with E-state index < -0.39 is 0 Å². The molecule has 0 N–H and O–H groups in total. The van der Waals surface area contributed by atoms with Gasteiger partial charge in [0.25, 0.3) is 5.56 Å². The van der Waals surface area contributed by atoms with Crippen molar-refractivity contribution in [1.29, 1.82) is 0 Å². The van der Waals surface area contributed by atoms with E-state index in [0.717, 1.165) is 5.69 Å². The molecule has 2 heterocycles. The van der Waals surface area contributed by atoms with E-state index in [-0.39, 0.29) is 22.9 Å². The average Bonchev–Trinajstić information content (AvgIpc) is 3.04. The van der Waals surface area contributed by atoms with Crippen molar-refractivity contribution in [3.05, 3.63) is 87.7 Å². The van der Waals surface area contributed by atoms with Crippen LogP contribution in [0, 0.1) is 19.7 Å². The van der Waals surface area contributed by atoms with Crippen LogP contribution in [0.2, 0.25) is 0 Å². The van der Waals surface area contributed by atoms with Crippen LogP contribution < -0.4 is 5.56 Å². The predicted molar refractivity (Wildman–Crippen MR) is 117 cm³/mol. The Bertz CT molecular complexity index is 1340. The number of hydrogen-bond acceptors (Lipinski definition) is 4. The quantitative estimate of drug-likeness (QED) is 0.271. The monoisotopic (exact) mass is 421 g/mol. The topological polar surface area (TPSA) is 56.9 Å². The van der Waals surface area contributed by atoms with Gasteiger partial charge in [-0.15, -0.1) is 0 Å². The fourth-order valence-electron chi connectivity index (χ4n) is 3.58. The van der Waals surface area contributed by atoms with Crippen LogP contribution >= 0.6 is 11.8 Å². The summed E-state index contributed by atoms with van der Waals surface area (Å²) in [4.78, 5) is 30.0. The molecule has 4 rings (SSSR count). The zero-order chi connectivity index (χ0) is 21.4. The molecule has 0 atom stereocenters. The lowest BCUT2D eigenvalue weighted by Gasteiger charge is -2.11. The van der Waals surface area contributed by atoms with Gasteiger partial charge in [0.05, 0.1) is 22.3 Å². The van der Waals surface area contributed by atoms with Crippen LogP contribution in [0.1, 0.15) is 21.7 Å². The van der Waals surface area contributed by atoms with Gasteiger partial charge in [-0.1, -0.05) is 36.0 Å². The van der Waals surface area contributed by atoms with Crippen LogP contribution in [-0.4, -0.2) is 25.7 Å². The molecular weight excluding hydrogens is 401 g/mol. The molecule has 4 aromatic rings. The average molecular weight is 421 g/mol. The summed E-state index contributed by atoms with van der Waals surface area (Å²) in [6.07, 6.45) is 0. The third-order valence-corrected chi connectivity index (χ3v) is 6.13. The second-order valence-corrected chi connectivity index (χ2v) is 8.00. The van der Waals surface area contributed by atoms with E-state index in [0.29, 0.717) is 33.0 Å². The predicted octanol–water partition coefficient (Wildman–Crippen LogP) is 4.46. The van der Waals surface area contributed by atoms with Gasteiger partial charge >= 0.3 is 0 Å². The summed E-state index contributed by atoms with van der Waals surface area (Å²) in [5.41, 5.74) is 2.87.